The molecule has 34 heavy (non-hydrogen) atoms. The molecule has 0 radical (unpaired) electrons. The Hall–Kier alpha value is -3.26. The lowest BCUT2D eigenvalue weighted by atomic mass is 9.80. The first-order valence-electron chi connectivity index (χ1n) is 11.5. The number of benzene rings is 3. The lowest BCUT2D eigenvalue weighted by molar-refractivity contribution is -0.0337. The van der Waals surface area contributed by atoms with Crippen LogP contribution in [0.3, 0.4) is 0 Å². The number of nitrogens with zero attached hydrogens (tertiary/aromatic N) is 1. The maximum absolute atomic E-state index is 9.49. The fourth-order valence-corrected chi connectivity index (χ4v) is 4.34. The van der Waals surface area contributed by atoms with Crippen molar-refractivity contribution in [1.82, 2.24) is 4.57 Å². The Kier molecular flexibility index (Phi) is 6.33. The van der Waals surface area contributed by atoms with Crippen LogP contribution in [0.5, 0.6) is 11.5 Å². The third kappa shape index (κ3) is 4.82. The highest BCUT2D eigenvalue weighted by molar-refractivity contribution is 6.58. The topological polar surface area (TPSA) is 73.1 Å². The first-order chi connectivity index (χ1) is 16.5. The second-order valence-electron chi connectivity index (χ2n) is 8.87. The van der Waals surface area contributed by atoms with Crippen molar-refractivity contribution in [3.8, 4) is 11.5 Å². The smallest absolute Gasteiger partial charge is 0.488 e. The van der Waals surface area contributed by atoms with Gasteiger partial charge in [-0.15, -0.1) is 0 Å². The number of hydrogen-bond donors (Lipinski definition) is 2. The summed E-state index contributed by atoms with van der Waals surface area (Å²) >= 11 is 0. The molecular weight excluding hydrogens is 429 g/mol. The molecule has 3 aromatic carbocycles. The number of aryl methyl sites for hydroxylation is 2. The van der Waals surface area contributed by atoms with Crippen LogP contribution < -0.4 is 14.9 Å². The minimum Gasteiger partial charge on any atom is -0.491 e. The Morgan fingerprint density at radius 2 is 1.59 bits per heavy atom. The third-order valence-corrected chi connectivity index (χ3v) is 6.28. The van der Waals surface area contributed by atoms with Crippen molar-refractivity contribution < 1.29 is 24.3 Å². The second-order valence-corrected chi connectivity index (χ2v) is 8.87. The molecule has 0 bridgehead atoms. The molecule has 7 heteroatoms. The first-order valence-corrected chi connectivity index (χ1v) is 11.5. The summed E-state index contributed by atoms with van der Waals surface area (Å²) in [4.78, 5) is 0. The Morgan fingerprint density at radius 1 is 0.912 bits per heavy atom. The summed E-state index contributed by atoms with van der Waals surface area (Å²) in [6.45, 7) is 4.47. The van der Waals surface area contributed by atoms with Crippen LogP contribution in [0.1, 0.15) is 23.8 Å². The van der Waals surface area contributed by atoms with Gasteiger partial charge in [0.05, 0.1) is 5.52 Å². The molecule has 3 atom stereocenters. The molecule has 0 aliphatic carbocycles. The fraction of sp³-hybridized carbons (Fsp3) is 0.259. The molecule has 1 aromatic heterocycles. The standard InChI is InChI=1S/C27H28BNO5/c1-18-3-8-22(9-4-18)32-17-26-25(33-23-10-5-19(2)6-11-23)16-27(34-26)29-14-13-20-15-21(28(30)31)7-12-24(20)29/h3-15,25-27,30-31H,16-17H2,1-2H3/t25-,26+,27+/m0/s1. The highest BCUT2D eigenvalue weighted by atomic mass is 16.6. The highest BCUT2D eigenvalue weighted by Crippen LogP contribution is 2.34. The van der Waals surface area contributed by atoms with Gasteiger partial charge in [0, 0.05) is 12.6 Å². The molecule has 174 valence electrons. The third-order valence-electron chi connectivity index (χ3n) is 6.28. The molecule has 0 spiro atoms. The van der Waals surface area contributed by atoms with E-state index in [1.54, 1.807) is 12.1 Å². The summed E-state index contributed by atoms with van der Waals surface area (Å²) in [5, 5.41) is 19.9. The zero-order chi connectivity index (χ0) is 23.7. The molecule has 5 rings (SSSR count). The molecular formula is C27H28BNO5. The van der Waals surface area contributed by atoms with Gasteiger partial charge in [-0.1, -0.05) is 47.5 Å². The molecule has 1 aliphatic rings. The zero-order valence-electron chi connectivity index (χ0n) is 19.3. The van der Waals surface area contributed by atoms with Gasteiger partial charge in [-0.05, 0) is 61.1 Å². The van der Waals surface area contributed by atoms with Gasteiger partial charge < -0.3 is 28.8 Å². The molecule has 2 heterocycles. The molecule has 2 N–H and O–H groups in total. The van der Waals surface area contributed by atoms with E-state index in [9.17, 15) is 10.0 Å². The second kappa shape index (κ2) is 9.54. The quantitative estimate of drug-likeness (QED) is 0.414. The van der Waals surface area contributed by atoms with Crippen LogP contribution in [-0.2, 0) is 4.74 Å². The Labute approximate surface area is 199 Å². The summed E-state index contributed by atoms with van der Waals surface area (Å²) in [6, 6.07) is 23.3. The van der Waals surface area contributed by atoms with E-state index in [4.69, 9.17) is 14.2 Å². The van der Waals surface area contributed by atoms with E-state index in [1.807, 2.05) is 73.8 Å². The molecule has 6 nitrogen and oxygen atoms in total. The fourth-order valence-electron chi connectivity index (χ4n) is 4.34. The van der Waals surface area contributed by atoms with Gasteiger partial charge in [0.2, 0.25) is 0 Å². The van der Waals surface area contributed by atoms with Gasteiger partial charge in [0.1, 0.15) is 36.5 Å². The Morgan fingerprint density at radius 3 is 2.26 bits per heavy atom. The van der Waals surface area contributed by atoms with Crippen molar-refractivity contribution >= 4 is 23.5 Å². The molecule has 1 fully saturated rings. The van der Waals surface area contributed by atoms with Crippen LogP contribution in [0.15, 0.2) is 79.0 Å². The summed E-state index contributed by atoms with van der Waals surface area (Å²) in [6.07, 6.45) is 1.95. The lowest BCUT2D eigenvalue weighted by Crippen LogP contribution is -2.32. The predicted octanol–water partition coefficient (Wildman–Crippen LogP) is 3.75. The Balaban J connectivity index is 1.37. The number of fused-ring (bicyclic) bond motifs is 1. The van der Waals surface area contributed by atoms with E-state index >= 15 is 0 Å². The number of hydrogen-bond acceptors (Lipinski definition) is 5. The van der Waals surface area contributed by atoms with Crippen LogP contribution in [0, 0.1) is 13.8 Å². The summed E-state index contributed by atoms with van der Waals surface area (Å²) < 4.78 is 20.9. The summed E-state index contributed by atoms with van der Waals surface area (Å²) in [5.74, 6) is 1.60. The first kappa shape index (κ1) is 22.5. The van der Waals surface area contributed by atoms with Crippen molar-refractivity contribution in [2.45, 2.75) is 38.7 Å². The number of ether oxygens (including phenoxy) is 3. The van der Waals surface area contributed by atoms with E-state index in [0.717, 1.165) is 22.4 Å². The van der Waals surface area contributed by atoms with Crippen molar-refractivity contribution in [3.63, 3.8) is 0 Å². The monoisotopic (exact) mass is 457 g/mol. The highest BCUT2D eigenvalue weighted by Gasteiger charge is 2.39. The average molecular weight is 457 g/mol. The molecule has 1 saturated heterocycles. The maximum atomic E-state index is 9.49. The van der Waals surface area contributed by atoms with Crippen LogP contribution in [0.25, 0.3) is 10.9 Å². The summed E-state index contributed by atoms with van der Waals surface area (Å²) in [5.41, 5.74) is 3.78. The number of rotatable bonds is 7. The number of aromatic nitrogens is 1. The van der Waals surface area contributed by atoms with Crippen LogP contribution in [0.2, 0.25) is 0 Å². The van der Waals surface area contributed by atoms with Gasteiger partial charge >= 0.3 is 7.12 Å². The maximum Gasteiger partial charge on any atom is 0.488 e. The SMILES string of the molecule is Cc1ccc(OC[C@H]2O[C@@H](n3ccc4cc(B(O)O)ccc43)C[C@@H]2Oc2ccc(C)cc2)cc1. The van der Waals surface area contributed by atoms with Crippen LogP contribution in [0.4, 0.5) is 0 Å². The van der Waals surface area contributed by atoms with E-state index < -0.39 is 7.12 Å². The predicted molar refractivity (Wildman–Crippen MR) is 133 cm³/mol. The van der Waals surface area contributed by atoms with Gasteiger partial charge in [-0.25, -0.2) is 0 Å². The lowest BCUT2D eigenvalue weighted by Gasteiger charge is -2.20. The van der Waals surface area contributed by atoms with Gasteiger partial charge in [-0.3, -0.25) is 0 Å². The zero-order valence-corrected chi connectivity index (χ0v) is 19.3. The summed E-state index contributed by atoms with van der Waals surface area (Å²) in [7, 11) is -1.49. The minimum atomic E-state index is -1.49. The van der Waals surface area contributed by atoms with Gasteiger partial charge in [-0.2, -0.15) is 0 Å². The average Bonchev–Trinajstić information content (AvgIpc) is 3.43. The molecule has 0 amide bonds. The molecule has 4 aromatic rings. The van der Waals surface area contributed by atoms with E-state index in [1.165, 1.54) is 11.1 Å². The normalized spacial score (nSPS) is 19.9. The van der Waals surface area contributed by atoms with Crippen molar-refractivity contribution in [3.05, 3.63) is 90.1 Å². The van der Waals surface area contributed by atoms with Crippen molar-refractivity contribution in [2.75, 3.05) is 6.61 Å². The minimum absolute atomic E-state index is 0.186. The molecule has 0 unspecified atom stereocenters. The van der Waals surface area contributed by atoms with Crippen molar-refractivity contribution in [2.24, 2.45) is 0 Å². The van der Waals surface area contributed by atoms with E-state index in [2.05, 4.69) is 11.5 Å². The van der Waals surface area contributed by atoms with Gasteiger partial charge in [0.15, 0.2) is 0 Å². The van der Waals surface area contributed by atoms with Crippen LogP contribution >= 0.6 is 0 Å². The largest absolute Gasteiger partial charge is 0.491 e. The van der Waals surface area contributed by atoms with Crippen LogP contribution in [-0.4, -0.2) is 40.5 Å². The van der Waals surface area contributed by atoms with E-state index in [-0.39, 0.29) is 18.4 Å². The van der Waals surface area contributed by atoms with Gasteiger partial charge in [0.25, 0.3) is 0 Å². The molecule has 0 saturated carbocycles. The van der Waals surface area contributed by atoms with Crippen molar-refractivity contribution in [1.29, 1.82) is 0 Å². The molecule has 1 aliphatic heterocycles. The van der Waals surface area contributed by atoms with E-state index in [0.29, 0.717) is 18.5 Å². The Bertz CT molecular complexity index is 1250.